The van der Waals surface area contributed by atoms with Crippen LogP contribution < -0.4 is 10.5 Å². The van der Waals surface area contributed by atoms with Gasteiger partial charge in [-0.05, 0) is 31.0 Å². The van der Waals surface area contributed by atoms with Crippen LogP contribution in [0.25, 0.3) is 0 Å². The molecule has 0 aliphatic rings. The summed E-state index contributed by atoms with van der Waals surface area (Å²) >= 11 is 0. The van der Waals surface area contributed by atoms with Crippen molar-refractivity contribution in [1.29, 1.82) is 0 Å². The summed E-state index contributed by atoms with van der Waals surface area (Å²) < 4.78 is 18.2. The van der Waals surface area contributed by atoms with Gasteiger partial charge in [0.1, 0.15) is 0 Å². The molecular weight excluding hydrogens is 193 g/mol. The van der Waals surface area contributed by atoms with Crippen molar-refractivity contribution in [2.45, 2.75) is 19.4 Å². The molecular formula is C12H16FNO. The average Bonchev–Trinajstić information content (AvgIpc) is 2.16. The smallest absolute Gasteiger partial charge is 0.165 e. The lowest BCUT2D eigenvalue weighted by molar-refractivity contribution is 0.386. The highest BCUT2D eigenvalue weighted by Gasteiger charge is 2.09. The number of nitrogens with two attached hydrogens (primary N) is 1. The van der Waals surface area contributed by atoms with Crippen LogP contribution in [0, 0.1) is 5.82 Å². The van der Waals surface area contributed by atoms with E-state index in [2.05, 4.69) is 6.58 Å². The maximum absolute atomic E-state index is 13.3. The van der Waals surface area contributed by atoms with Gasteiger partial charge < -0.3 is 10.5 Å². The Hall–Kier alpha value is -1.35. The second-order valence-electron chi connectivity index (χ2n) is 3.66. The number of halogens is 1. The van der Waals surface area contributed by atoms with Crippen LogP contribution in [-0.4, -0.2) is 7.11 Å². The molecule has 0 aliphatic carbocycles. The highest BCUT2D eigenvalue weighted by atomic mass is 19.1. The van der Waals surface area contributed by atoms with Crippen LogP contribution >= 0.6 is 0 Å². The van der Waals surface area contributed by atoms with Gasteiger partial charge in [0.15, 0.2) is 11.6 Å². The summed E-state index contributed by atoms with van der Waals surface area (Å²) in [6, 6.07) is 4.56. The molecule has 15 heavy (non-hydrogen) atoms. The molecule has 0 amide bonds. The molecule has 0 radical (unpaired) electrons. The zero-order valence-electron chi connectivity index (χ0n) is 9.09. The number of methoxy groups -OCH3 is 1. The normalized spacial score (nSPS) is 12.3. The van der Waals surface area contributed by atoms with Gasteiger partial charge in [0.25, 0.3) is 0 Å². The van der Waals surface area contributed by atoms with Crippen molar-refractivity contribution >= 4 is 0 Å². The van der Waals surface area contributed by atoms with Crippen LogP contribution in [-0.2, 0) is 0 Å². The monoisotopic (exact) mass is 209 g/mol. The SMILES string of the molecule is C=C(C)C[C@H](N)c1ccc(OC)c(F)c1. The maximum Gasteiger partial charge on any atom is 0.165 e. The van der Waals surface area contributed by atoms with E-state index in [0.717, 1.165) is 11.1 Å². The lowest BCUT2D eigenvalue weighted by atomic mass is 10.0. The molecule has 0 heterocycles. The number of hydrogen-bond donors (Lipinski definition) is 1. The van der Waals surface area contributed by atoms with Gasteiger partial charge in [0.2, 0.25) is 0 Å². The maximum atomic E-state index is 13.3. The molecule has 1 aromatic rings. The van der Waals surface area contributed by atoms with E-state index in [9.17, 15) is 4.39 Å². The third kappa shape index (κ3) is 3.06. The van der Waals surface area contributed by atoms with Gasteiger partial charge in [-0.1, -0.05) is 11.6 Å². The van der Waals surface area contributed by atoms with Crippen molar-refractivity contribution in [3.63, 3.8) is 0 Å². The topological polar surface area (TPSA) is 35.2 Å². The van der Waals surface area contributed by atoms with Crippen LogP contribution in [0.1, 0.15) is 24.9 Å². The Balaban J connectivity index is 2.87. The van der Waals surface area contributed by atoms with E-state index in [1.807, 2.05) is 6.92 Å². The van der Waals surface area contributed by atoms with Gasteiger partial charge >= 0.3 is 0 Å². The van der Waals surface area contributed by atoms with Gasteiger partial charge in [-0.15, -0.1) is 6.58 Å². The Morgan fingerprint density at radius 2 is 2.27 bits per heavy atom. The van der Waals surface area contributed by atoms with E-state index >= 15 is 0 Å². The summed E-state index contributed by atoms with van der Waals surface area (Å²) in [4.78, 5) is 0. The quantitative estimate of drug-likeness (QED) is 0.774. The second kappa shape index (κ2) is 4.94. The van der Waals surface area contributed by atoms with Crippen LogP contribution in [0.3, 0.4) is 0 Å². The van der Waals surface area contributed by atoms with Crippen LogP contribution in [0.5, 0.6) is 5.75 Å². The second-order valence-corrected chi connectivity index (χ2v) is 3.66. The first-order valence-corrected chi connectivity index (χ1v) is 4.78. The lowest BCUT2D eigenvalue weighted by Gasteiger charge is -2.12. The number of benzene rings is 1. The molecule has 82 valence electrons. The minimum Gasteiger partial charge on any atom is -0.494 e. The largest absolute Gasteiger partial charge is 0.494 e. The molecule has 0 saturated heterocycles. The Labute approximate surface area is 89.6 Å². The molecule has 0 spiro atoms. The predicted octanol–water partition coefficient (Wildman–Crippen LogP) is 2.80. The summed E-state index contributed by atoms with van der Waals surface area (Å²) in [6.45, 7) is 5.68. The average molecular weight is 209 g/mol. The van der Waals surface area contributed by atoms with Gasteiger partial charge in [0.05, 0.1) is 7.11 Å². The van der Waals surface area contributed by atoms with E-state index in [1.165, 1.54) is 13.2 Å². The number of hydrogen-bond acceptors (Lipinski definition) is 2. The standard InChI is InChI=1S/C12H16FNO/c1-8(2)6-11(14)9-4-5-12(15-3)10(13)7-9/h4-5,7,11H,1,6,14H2,2-3H3/t11-/m0/s1. The fourth-order valence-corrected chi connectivity index (χ4v) is 1.41. The molecule has 0 bridgehead atoms. The molecule has 0 aromatic heterocycles. The first-order chi connectivity index (χ1) is 7.04. The van der Waals surface area contributed by atoms with E-state index < -0.39 is 0 Å². The van der Waals surface area contributed by atoms with Crippen molar-refractivity contribution in [2.75, 3.05) is 7.11 Å². The van der Waals surface area contributed by atoms with E-state index in [0.29, 0.717) is 6.42 Å². The number of ether oxygens (including phenoxy) is 1. The van der Waals surface area contributed by atoms with Crippen molar-refractivity contribution < 1.29 is 9.13 Å². The molecule has 2 N–H and O–H groups in total. The lowest BCUT2D eigenvalue weighted by Crippen LogP contribution is -2.10. The third-order valence-electron chi connectivity index (χ3n) is 2.17. The van der Waals surface area contributed by atoms with Crippen LogP contribution in [0.4, 0.5) is 4.39 Å². The molecule has 3 heteroatoms. The first-order valence-electron chi connectivity index (χ1n) is 4.78. The molecule has 1 rings (SSSR count). The molecule has 0 unspecified atom stereocenters. The Kier molecular flexibility index (Phi) is 3.86. The Morgan fingerprint density at radius 1 is 1.60 bits per heavy atom. The molecule has 0 saturated carbocycles. The van der Waals surface area contributed by atoms with Crippen molar-refractivity contribution in [2.24, 2.45) is 5.73 Å². The van der Waals surface area contributed by atoms with E-state index in [1.54, 1.807) is 12.1 Å². The van der Waals surface area contributed by atoms with Crippen molar-refractivity contribution in [3.8, 4) is 5.75 Å². The highest BCUT2D eigenvalue weighted by molar-refractivity contribution is 5.31. The Bertz CT molecular complexity index is 363. The van der Waals surface area contributed by atoms with Gasteiger partial charge in [-0.25, -0.2) is 4.39 Å². The fourth-order valence-electron chi connectivity index (χ4n) is 1.41. The summed E-state index contributed by atoms with van der Waals surface area (Å²) in [7, 11) is 1.44. The zero-order valence-corrected chi connectivity index (χ0v) is 9.09. The first kappa shape index (κ1) is 11.7. The molecule has 2 nitrogen and oxygen atoms in total. The fraction of sp³-hybridized carbons (Fsp3) is 0.333. The van der Waals surface area contributed by atoms with Crippen molar-refractivity contribution in [1.82, 2.24) is 0 Å². The third-order valence-corrected chi connectivity index (χ3v) is 2.17. The Morgan fingerprint density at radius 3 is 2.73 bits per heavy atom. The minimum atomic E-state index is -0.382. The number of rotatable bonds is 4. The molecule has 0 aliphatic heterocycles. The summed E-state index contributed by atoms with van der Waals surface area (Å²) in [5.41, 5.74) is 7.63. The summed E-state index contributed by atoms with van der Waals surface area (Å²) in [5, 5.41) is 0. The van der Waals surface area contributed by atoms with Crippen LogP contribution in [0.15, 0.2) is 30.4 Å². The zero-order chi connectivity index (χ0) is 11.4. The van der Waals surface area contributed by atoms with E-state index in [-0.39, 0.29) is 17.6 Å². The highest BCUT2D eigenvalue weighted by Crippen LogP contribution is 2.23. The van der Waals surface area contributed by atoms with Crippen molar-refractivity contribution in [3.05, 3.63) is 41.7 Å². The molecule has 0 fully saturated rings. The van der Waals surface area contributed by atoms with Crippen LogP contribution in [0.2, 0.25) is 0 Å². The summed E-state index contributed by atoms with van der Waals surface area (Å²) in [6.07, 6.45) is 0.659. The molecule has 1 aromatic carbocycles. The van der Waals surface area contributed by atoms with Gasteiger partial charge in [0, 0.05) is 6.04 Å². The minimum absolute atomic E-state index is 0.206. The predicted molar refractivity (Wildman–Crippen MR) is 59.3 cm³/mol. The molecule has 1 atom stereocenters. The summed E-state index contributed by atoms with van der Waals surface area (Å²) in [5.74, 6) is -0.145. The van der Waals surface area contributed by atoms with Gasteiger partial charge in [-0.3, -0.25) is 0 Å². The van der Waals surface area contributed by atoms with Gasteiger partial charge in [-0.2, -0.15) is 0 Å². The van der Waals surface area contributed by atoms with E-state index in [4.69, 9.17) is 10.5 Å².